The van der Waals surface area contributed by atoms with E-state index in [4.69, 9.17) is 0 Å². The van der Waals surface area contributed by atoms with E-state index in [1.54, 1.807) is 16.8 Å². The maximum atomic E-state index is 12.4. The molecule has 0 aliphatic carbocycles. The summed E-state index contributed by atoms with van der Waals surface area (Å²) in [6.07, 6.45) is 3.69. The van der Waals surface area contributed by atoms with E-state index < -0.39 is 0 Å². The maximum absolute atomic E-state index is 12.4. The van der Waals surface area contributed by atoms with Crippen molar-refractivity contribution in [3.05, 3.63) is 56.9 Å². The summed E-state index contributed by atoms with van der Waals surface area (Å²) in [4.78, 5) is 21.3. The van der Waals surface area contributed by atoms with Gasteiger partial charge >= 0.3 is 0 Å². The van der Waals surface area contributed by atoms with E-state index in [0.717, 1.165) is 21.1 Å². The van der Waals surface area contributed by atoms with Gasteiger partial charge < -0.3 is 0 Å². The molecule has 0 bridgehead atoms. The van der Waals surface area contributed by atoms with Crippen molar-refractivity contribution in [2.45, 2.75) is 12.1 Å². The lowest BCUT2D eigenvalue weighted by molar-refractivity contribution is 0.934. The summed E-state index contributed by atoms with van der Waals surface area (Å²) >= 11 is 4.89. The molecule has 0 saturated carbocycles. The Morgan fingerprint density at radius 3 is 2.81 bits per heavy atom. The fraction of sp³-hybridized carbons (Fsp3) is 0.133. The van der Waals surface area contributed by atoms with Crippen LogP contribution in [0, 0.1) is 6.92 Å². The number of halogens is 1. The Balaban J connectivity index is 2.43. The van der Waals surface area contributed by atoms with Crippen molar-refractivity contribution in [1.82, 2.24) is 14.5 Å². The van der Waals surface area contributed by atoms with E-state index in [0.29, 0.717) is 10.8 Å². The number of rotatable bonds is 2. The topological polar surface area (TPSA) is 47.8 Å². The lowest BCUT2D eigenvalue weighted by Crippen LogP contribution is -2.19. The fourth-order valence-electron chi connectivity index (χ4n) is 2.20. The predicted molar refractivity (Wildman–Crippen MR) is 89.4 cm³/mol. The Morgan fingerprint density at radius 1 is 1.29 bits per heavy atom. The van der Waals surface area contributed by atoms with Gasteiger partial charge in [0.2, 0.25) is 0 Å². The van der Waals surface area contributed by atoms with Crippen LogP contribution in [-0.2, 0) is 0 Å². The zero-order chi connectivity index (χ0) is 15.0. The Labute approximate surface area is 134 Å². The lowest BCUT2D eigenvalue weighted by Gasteiger charge is -2.11. The quantitative estimate of drug-likeness (QED) is 0.517. The van der Waals surface area contributed by atoms with E-state index in [1.807, 2.05) is 37.4 Å². The van der Waals surface area contributed by atoms with Gasteiger partial charge in [0.1, 0.15) is 0 Å². The molecule has 21 heavy (non-hydrogen) atoms. The van der Waals surface area contributed by atoms with Crippen molar-refractivity contribution in [1.29, 1.82) is 0 Å². The standard InChI is InChI=1S/C15H12BrN3OS/c1-9-6-13(20)19(11-5-3-4-10(16)7-11)14-12(9)8-17-15(18-14)21-2/h3-8H,1-2H3. The summed E-state index contributed by atoms with van der Waals surface area (Å²) in [5.41, 5.74) is 2.21. The highest BCUT2D eigenvalue weighted by Crippen LogP contribution is 2.21. The fourth-order valence-corrected chi connectivity index (χ4v) is 2.92. The molecule has 0 amide bonds. The SMILES string of the molecule is CSc1ncc2c(C)cc(=O)n(-c3cccc(Br)c3)c2n1. The van der Waals surface area contributed by atoms with E-state index in [-0.39, 0.29) is 5.56 Å². The van der Waals surface area contributed by atoms with Crippen LogP contribution in [0.15, 0.2) is 51.0 Å². The first-order chi connectivity index (χ1) is 10.1. The maximum Gasteiger partial charge on any atom is 0.257 e. The second-order valence-corrected chi connectivity index (χ2v) is 6.26. The van der Waals surface area contributed by atoms with Crippen LogP contribution < -0.4 is 5.56 Å². The molecule has 1 aromatic carbocycles. The first kappa shape index (κ1) is 14.3. The Hall–Kier alpha value is -1.66. The number of pyridine rings is 1. The number of thioether (sulfide) groups is 1. The van der Waals surface area contributed by atoms with Crippen molar-refractivity contribution in [2.75, 3.05) is 6.26 Å². The molecule has 106 valence electrons. The van der Waals surface area contributed by atoms with Crippen molar-refractivity contribution in [2.24, 2.45) is 0 Å². The summed E-state index contributed by atoms with van der Waals surface area (Å²) in [6, 6.07) is 9.23. The van der Waals surface area contributed by atoms with Gasteiger partial charge in [0.25, 0.3) is 5.56 Å². The third-order valence-corrected chi connectivity index (χ3v) is 4.25. The molecule has 0 fully saturated rings. The minimum absolute atomic E-state index is 0.0937. The second kappa shape index (κ2) is 5.61. The molecule has 0 N–H and O–H groups in total. The van der Waals surface area contributed by atoms with E-state index in [2.05, 4.69) is 25.9 Å². The average Bonchev–Trinajstić information content (AvgIpc) is 2.46. The van der Waals surface area contributed by atoms with Crippen LogP contribution in [0.1, 0.15) is 5.56 Å². The number of nitrogens with zero attached hydrogens (tertiary/aromatic N) is 3. The monoisotopic (exact) mass is 361 g/mol. The highest BCUT2D eigenvalue weighted by Gasteiger charge is 2.11. The number of benzene rings is 1. The molecule has 4 nitrogen and oxygen atoms in total. The Morgan fingerprint density at radius 2 is 2.10 bits per heavy atom. The highest BCUT2D eigenvalue weighted by molar-refractivity contribution is 9.10. The number of hydrogen-bond donors (Lipinski definition) is 0. The third-order valence-electron chi connectivity index (χ3n) is 3.19. The van der Waals surface area contributed by atoms with Gasteiger partial charge in [-0.2, -0.15) is 0 Å². The number of aromatic nitrogens is 3. The average molecular weight is 362 g/mol. The van der Waals surface area contributed by atoms with Crippen LogP contribution >= 0.6 is 27.7 Å². The summed E-state index contributed by atoms with van der Waals surface area (Å²) < 4.78 is 2.54. The molecule has 0 aliphatic rings. The van der Waals surface area contributed by atoms with Gasteiger partial charge in [-0.1, -0.05) is 33.8 Å². The smallest absolute Gasteiger partial charge is 0.257 e. The zero-order valence-electron chi connectivity index (χ0n) is 11.5. The molecular weight excluding hydrogens is 350 g/mol. The second-order valence-electron chi connectivity index (χ2n) is 4.57. The summed E-state index contributed by atoms with van der Waals surface area (Å²) in [5.74, 6) is 0. The molecule has 0 saturated heterocycles. The highest BCUT2D eigenvalue weighted by atomic mass is 79.9. The molecule has 2 heterocycles. The normalized spacial score (nSPS) is 11.0. The van der Waals surface area contributed by atoms with Crippen molar-refractivity contribution < 1.29 is 0 Å². The number of hydrogen-bond acceptors (Lipinski definition) is 4. The van der Waals surface area contributed by atoms with Gasteiger partial charge in [0.15, 0.2) is 10.8 Å². The molecule has 0 atom stereocenters. The summed E-state index contributed by atoms with van der Waals surface area (Å²) in [5, 5.41) is 1.53. The minimum atomic E-state index is -0.0937. The molecule has 0 radical (unpaired) electrons. The van der Waals surface area contributed by atoms with Gasteiger partial charge in [0.05, 0.1) is 5.69 Å². The van der Waals surface area contributed by atoms with Crippen LogP contribution in [0.25, 0.3) is 16.7 Å². The van der Waals surface area contributed by atoms with Crippen molar-refractivity contribution >= 4 is 38.7 Å². The molecule has 2 aromatic heterocycles. The number of fused-ring (bicyclic) bond motifs is 1. The van der Waals surface area contributed by atoms with Crippen LogP contribution in [0.3, 0.4) is 0 Å². The molecule has 6 heteroatoms. The number of aryl methyl sites for hydroxylation is 1. The molecule has 3 aromatic rings. The minimum Gasteiger partial charge on any atom is -0.269 e. The third kappa shape index (κ3) is 2.61. The van der Waals surface area contributed by atoms with Gasteiger partial charge in [-0.25, -0.2) is 9.97 Å². The van der Waals surface area contributed by atoms with Crippen molar-refractivity contribution in [3.8, 4) is 5.69 Å². The Bertz CT molecular complexity index is 892. The van der Waals surface area contributed by atoms with Crippen LogP contribution in [0.2, 0.25) is 0 Å². The Kier molecular flexibility index (Phi) is 3.82. The van der Waals surface area contributed by atoms with Crippen LogP contribution in [0.5, 0.6) is 0 Å². The van der Waals surface area contributed by atoms with E-state index in [1.165, 1.54) is 11.8 Å². The van der Waals surface area contributed by atoms with E-state index in [9.17, 15) is 4.79 Å². The zero-order valence-corrected chi connectivity index (χ0v) is 13.9. The van der Waals surface area contributed by atoms with Crippen LogP contribution in [-0.4, -0.2) is 20.8 Å². The van der Waals surface area contributed by atoms with Gasteiger partial charge in [0, 0.05) is 22.1 Å². The summed E-state index contributed by atoms with van der Waals surface area (Å²) in [6.45, 7) is 1.90. The molecular formula is C15H12BrN3OS. The molecule has 0 spiro atoms. The predicted octanol–water partition coefficient (Wildman–Crippen LogP) is 3.57. The molecule has 0 aliphatic heterocycles. The molecule has 0 unspecified atom stereocenters. The van der Waals surface area contributed by atoms with E-state index >= 15 is 0 Å². The first-order valence-electron chi connectivity index (χ1n) is 6.29. The van der Waals surface area contributed by atoms with Crippen molar-refractivity contribution in [3.63, 3.8) is 0 Å². The summed E-state index contributed by atoms with van der Waals surface area (Å²) in [7, 11) is 0. The molecule has 3 rings (SSSR count). The lowest BCUT2D eigenvalue weighted by atomic mass is 10.2. The van der Waals surface area contributed by atoms with Gasteiger partial charge in [-0.05, 0) is 36.9 Å². The van der Waals surface area contributed by atoms with Gasteiger partial charge in [-0.3, -0.25) is 9.36 Å². The van der Waals surface area contributed by atoms with Crippen LogP contribution in [0.4, 0.5) is 0 Å². The first-order valence-corrected chi connectivity index (χ1v) is 8.31. The van der Waals surface area contributed by atoms with Gasteiger partial charge in [-0.15, -0.1) is 0 Å². The largest absolute Gasteiger partial charge is 0.269 e.